The molecule has 0 spiro atoms. The van der Waals surface area contributed by atoms with Crippen molar-refractivity contribution in [3.8, 4) is 0 Å². The Morgan fingerprint density at radius 3 is 3.22 bits per heavy atom. The number of hydrogen-bond donors (Lipinski definition) is 1. The Labute approximate surface area is 55.4 Å². The molecule has 2 aliphatic carbocycles. The number of aliphatic hydroxyl groups excluding tert-OH is 1. The molecule has 1 nitrogen and oxygen atoms in total. The van der Waals surface area contributed by atoms with Crippen molar-refractivity contribution < 1.29 is 5.11 Å². The van der Waals surface area contributed by atoms with Gasteiger partial charge in [0.15, 0.2) is 0 Å². The molecule has 0 radical (unpaired) electrons. The van der Waals surface area contributed by atoms with Crippen molar-refractivity contribution in [1.29, 1.82) is 0 Å². The first kappa shape index (κ1) is 5.21. The number of allylic oxidation sites excluding steroid dienone is 2. The van der Waals surface area contributed by atoms with Crippen LogP contribution in [0.1, 0.15) is 19.3 Å². The minimum absolute atomic E-state index is 0.518. The zero-order valence-electron chi connectivity index (χ0n) is 5.38. The highest BCUT2D eigenvalue weighted by atomic mass is 16.3. The smallest absolute Gasteiger partial charge is 0.273 e. The molecule has 1 saturated carbocycles. The average Bonchev–Trinajstić information content (AvgIpc) is 2.22. The van der Waals surface area contributed by atoms with Gasteiger partial charge >= 0.3 is 0 Å². The Morgan fingerprint density at radius 2 is 2.44 bits per heavy atom. The van der Waals surface area contributed by atoms with Gasteiger partial charge in [-0.05, 0) is 19.3 Å². The van der Waals surface area contributed by atoms with Gasteiger partial charge in [0.05, 0.1) is 24.3 Å². The molecule has 0 aromatic rings. The Bertz CT molecular complexity index is 149. The van der Waals surface area contributed by atoms with Gasteiger partial charge in [-0.3, -0.25) is 0 Å². The van der Waals surface area contributed by atoms with Crippen molar-refractivity contribution >= 4 is 0 Å². The van der Waals surface area contributed by atoms with Crippen LogP contribution in [0.2, 0.25) is 0 Å². The summed E-state index contributed by atoms with van der Waals surface area (Å²) in [6, 6.07) is 0. The third kappa shape index (κ3) is 0.716. The average molecular weight is 123 g/mol. The van der Waals surface area contributed by atoms with Crippen LogP contribution in [-0.2, 0) is 0 Å². The molecule has 2 unspecified atom stereocenters. The molecule has 1 fully saturated rings. The molecule has 0 bridgehead atoms. The maximum Gasteiger partial charge on any atom is 0.273 e. The minimum Gasteiger partial charge on any atom is -0.478 e. The molecule has 1 N–H and O–H groups in total. The predicted octanol–water partition coefficient (Wildman–Crippen LogP) is 2.06. The number of rotatable bonds is 0. The van der Waals surface area contributed by atoms with Crippen LogP contribution < -0.4 is 0 Å². The lowest BCUT2D eigenvalue weighted by Crippen LogP contribution is -1.97. The predicted molar refractivity (Wildman–Crippen MR) is 35.8 cm³/mol. The molecule has 2 atom stereocenters. The van der Waals surface area contributed by atoms with Gasteiger partial charge in [-0.2, -0.15) is 0 Å². The molecule has 0 aromatic heterocycles. The number of fused-ring (bicyclic) bond motifs is 1. The quantitative estimate of drug-likeness (QED) is 0.489. The highest BCUT2D eigenvalue weighted by Gasteiger charge is 2.39. The van der Waals surface area contributed by atoms with E-state index in [0.717, 1.165) is 0 Å². The minimum atomic E-state index is 0.518. The fraction of sp³-hybridized carbons (Fsp3) is 0.625. The van der Waals surface area contributed by atoms with Gasteiger partial charge in [0.2, 0.25) is 0 Å². The van der Waals surface area contributed by atoms with Crippen LogP contribution in [0, 0.1) is 18.3 Å². The third-order valence-corrected chi connectivity index (χ3v) is 2.39. The largest absolute Gasteiger partial charge is 0.478 e. The molecule has 0 saturated heterocycles. The van der Waals surface area contributed by atoms with Crippen molar-refractivity contribution in [3.63, 3.8) is 0 Å². The van der Waals surface area contributed by atoms with E-state index in [1.54, 1.807) is 0 Å². The van der Waals surface area contributed by atoms with E-state index in [2.05, 4.69) is 0 Å². The second kappa shape index (κ2) is 1.69. The maximum atomic E-state index is 9.04. The first-order valence-corrected chi connectivity index (χ1v) is 3.62. The second-order valence-electron chi connectivity index (χ2n) is 3.02. The first-order chi connectivity index (χ1) is 4.36. The van der Waals surface area contributed by atoms with Gasteiger partial charge in [-0.25, -0.2) is 0 Å². The summed E-state index contributed by atoms with van der Waals surface area (Å²) in [5.41, 5.74) is 0. The van der Waals surface area contributed by atoms with E-state index in [0.29, 0.717) is 17.6 Å². The fourth-order valence-corrected chi connectivity index (χ4v) is 1.93. The summed E-state index contributed by atoms with van der Waals surface area (Å²) in [7, 11) is 0. The molecular weight excluding hydrogens is 112 g/mol. The highest BCUT2D eigenvalue weighted by Crippen LogP contribution is 2.40. The standard InChI is InChI=1S/C8H10O/c9-8-4-6-2-1-3-7(6)5-8/h4-7H,1-3H2/p+1. The first-order valence-electron chi connectivity index (χ1n) is 3.62. The Kier molecular flexibility index (Phi) is 0.981. The highest BCUT2D eigenvalue weighted by molar-refractivity contribution is 5.19. The molecule has 9 heavy (non-hydrogen) atoms. The monoisotopic (exact) mass is 123 g/mol. The molecule has 1 heteroatoms. The van der Waals surface area contributed by atoms with Crippen LogP contribution in [0.5, 0.6) is 0 Å². The van der Waals surface area contributed by atoms with Crippen LogP contribution in [-0.4, -0.2) is 5.11 Å². The van der Waals surface area contributed by atoms with E-state index in [1.165, 1.54) is 19.3 Å². The van der Waals surface area contributed by atoms with Crippen LogP contribution >= 0.6 is 0 Å². The van der Waals surface area contributed by atoms with Crippen LogP contribution in [0.25, 0.3) is 0 Å². The van der Waals surface area contributed by atoms with Crippen LogP contribution in [0.3, 0.4) is 0 Å². The summed E-state index contributed by atoms with van der Waals surface area (Å²) in [4.78, 5) is 0. The van der Waals surface area contributed by atoms with Gasteiger partial charge in [0.25, 0.3) is 5.76 Å². The normalized spacial score (nSPS) is 39.8. The van der Waals surface area contributed by atoms with Gasteiger partial charge in [-0.15, -0.1) is 0 Å². The summed E-state index contributed by atoms with van der Waals surface area (Å²) in [6.45, 7) is 0. The Balaban J connectivity index is 2.13. The van der Waals surface area contributed by atoms with Gasteiger partial charge in [0, 0.05) is 0 Å². The molecule has 0 aliphatic heterocycles. The maximum absolute atomic E-state index is 9.04. The van der Waals surface area contributed by atoms with E-state index in [4.69, 9.17) is 5.11 Å². The fourth-order valence-electron chi connectivity index (χ4n) is 1.93. The second-order valence-corrected chi connectivity index (χ2v) is 3.02. The Hall–Kier alpha value is -0.590. The SMILES string of the molecule is OC1=CC2CCCC2[CH+]1. The zero-order valence-corrected chi connectivity index (χ0v) is 5.38. The van der Waals surface area contributed by atoms with E-state index >= 15 is 0 Å². The topological polar surface area (TPSA) is 20.2 Å². The van der Waals surface area contributed by atoms with Crippen molar-refractivity contribution in [2.24, 2.45) is 11.8 Å². The Morgan fingerprint density at radius 1 is 1.56 bits per heavy atom. The number of aliphatic hydroxyl groups is 1. The summed E-state index contributed by atoms with van der Waals surface area (Å²) in [5, 5.41) is 9.04. The summed E-state index contributed by atoms with van der Waals surface area (Å²) >= 11 is 0. The van der Waals surface area contributed by atoms with Gasteiger partial charge in [-0.1, -0.05) is 0 Å². The van der Waals surface area contributed by atoms with Crippen LogP contribution in [0.15, 0.2) is 11.8 Å². The molecule has 0 heterocycles. The molecule has 48 valence electrons. The van der Waals surface area contributed by atoms with Crippen molar-refractivity contribution in [3.05, 3.63) is 18.3 Å². The molecule has 2 rings (SSSR count). The van der Waals surface area contributed by atoms with Crippen LogP contribution in [0.4, 0.5) is 0 Å². The van der Waals surface area contributed by atoms with Gasteiger partial charge < -0.3 is 5.11 Å². The lowest BCUT2D eigenvalue weighted by molar-refractivity contribution is 0.415. The lowest BCUT2D eigenvalue weighted by Gasteiger charge is -1.95. The van der Waals surface area contributed by atoms with Gasteiger partial charge in [0.1, 0.15) is 0 Å². The summed E-state index contributed by atoms with van der Waals surface area (Å²) in [5.74, 6) is 1.89. The molecular formula is C8H11O+. The number of hydrogen-bond acceptors (Lipinski definition) is 1. The zero-order chi connectivity index (χ0) is 6.27. The van der Waals surface area contributed by atoms with Crippen molar-refractivity contribution in [2.45, 2.75) is 19.3 Å². The molecule has 0 amide bonds. The van der Waals surface area contributed by atoms with E-state index < -0.39 is 0 Å². The lowest BCUT2D eigenvalue weighted by atomic mass is 10.0. The van der Waals surface area contributed by atoms with Crippen molar-refractivity contribution in [2.75, 3.05) is 0 Å². The van der Waals surface area contributed by atoms with Crippen molar-refractivity contribution in [1.82, 2.24) is 0 Å². The molecule has 2 aliphatic rings. The van der Waals surface area contributed by atoms with E-state index in [-0.39, 0.29) is 0 Å². The summed E-state index contributed by atoms with van der Waals surface area (Å²) < 4.78 is 0. The third-order valence-electron chi connectivity index (χ3n) is 2.39. The van der Waals surface area contributed by atoms with E-state index in [9.17, 15) is 0 Å². The summed E-state index contributed by atoms with van der Waals surface area (Å²) in [6.07, 6.45) is 7.90. The molecule has 0 aromatic carbocycles. The van der Waals surface area contributed by atoms with E-state index in [1.807, 2.05) is 12.5 Å².